The molecule has 0 aliphatic carbocycles. The fourth-order valence-electron chi connectivity index (χ4n) is 2.32. The molecule has 0 bridgehead atoms. The number of hydrogen-bond acceptors (Lipinski definition) is 4. The molecule has 0 radical (unpaired) electrons. The Hall–Kier alpha value is -1.75. The minimum Gasteiger partial charge on any atom is -0.491 e. The predicted molar refractivity (Wildman–Crippen MR) is 79.7 cm³/mol. The third kappa shape index (κ3) is 4.13. The summed E-state index contributed by atoms with van der Waals surface area (Å²) in [5, 5.41) is 0. The number of nitrogens with two attached hydrogens (primary N) is 1. The van der Waals surface area contributed by atoms with Crippen LogP contribution in [0, 0.1) is 0 Å². The number of nitrogens with zero attached hydrogens (tertiary/aromatic N) is 2. The Morgan fingerprint density at radius 3 is 2.90 bits per heavy atom. The van der Waals surface area contributed by atoms with Crippen molar-refractivity contribution in [2.75, 3.05) is 45.6 Å². The molecule has 1 aliphatic rings. The van der Waals surface area contributed by atoms with Crippen molar-refractivity contribution < 1.29 is 9.53 Å². The molecule has 1 aromatic carbocycles. The quantitative estimate of drug-likeness (QED) is 0.649. The van der Waals surface area contributed by atoms with Gasteiger partial charge in [-0.1, -0.05) is 12.1 Å². The molecule has 1 aromatic rings. The van der Waals surface area contributed by atoms with E-state index in [0.29, 0.717) is 18.8 Å². The lowest BCUT2D eigenvalue weighted by atomic mass is 10.3. The molecule has 0 aromatic heterocycles. The van der Waals surface area contributed by atoms with Gasteiger partial charge in [-0.15, -0.1) is 0 Å². The van der Waals surface area contributed by atoms with Crippen LogP contribution < -0.4 is 10.5 Å². The highest BCUT2D eigenvalue weighted by Gasteiger charge is 2.18. The van der Waals surface area contributed by atoms with E-state index >= 15 is 0 Å². The van der Waals surface area contributed by atoms with E-state index in [-0.39, 0.29) is 5.91 Å². The Labute approximate surface area is 120 Å². The molecule has 1 heterocycles. The van der Waals surface area contributed by atoms with E-state index in [0.717, 1.165) is 38.2 Å². The molecule has 5 nitrogen and oxygen atoms in total. The first kappa shape index (κ1) is 14.7. The fraction of sp³-hybridized carbons (Fsp3) is 0.533. The first-order valence-electron chi connectivity index (χ1n) is 7.10. The van der Waals surface area contributed by atoms with E-state index < -0.39 is 0 Å². The van der Waals surface area contributed by atoms with Crippen LogP contribution in [0.4, 0.5) is 5.69 Å². The van der Waals surface area contributed by atoms with Crippen molar-refractivity contribution in [1.82, 2.24) is 9.80 Å². The monoisotopic (exact) mass is 277 g/mol. The average Bonchev–Trinajstić information content (AvgIpc) is 2.59. The number of nitrogen functional groups attached to an aromatic ring is 1. The molecule has 0 atom stereocenters. The molecule has 1 amide bonds. The number of hydrogen-bond donors (Lipinski definition) is 1. The fourth-order valence-corrected chi connectivity index (χ4v) is 2.32. The van der Waals surface area contributed by atoms with Crippen molar-refractivity contribution in [1.29, 1.82) is 0 Å². The Kier molecular flexibility index (Phi) is 5.24. The van der Waals surface area contributed by atoms with E-state index in [1.165, 1.54) is 0 Å². The molecular weight excluding hydrogens is 254 g/mol. The van der Waals surface area contributed by atoms with Gasteiger partial charge in [0, 0.05) is 26.7 Å². The van der Waals surface area contributed by atoms with E-state index in [4.69, 9.17) is 10.5 Å². The maximum atomic E-state index is 11.8. The van der Waals surface area contributed by atoms with Crippen LogP contribution in [0.2, 0.25) is 0 Å². The molecule has 110 valence electrons. The summed E-state index contributed by atoms with van der Waals surface area (Å²) in [6.45, 7) is 3.85. The van der Waals surface area contributed by atoms with Crippen LogP contribution in [0.15, 0.2) is 24.3 Å². The topological polar surface area (TPSA) is 58.8 Å². The zero-order valence-corrected chi connectivity index (χ0v) is 12.0. The summed E-state index contributed by atoms with van der Waals surface area (Å²) in [5.41, 5.74) is 6.48. The molecule has 2 rings (SSSR count). The summed E-state index contributed by atoms with van der Waals surface area (Å²) in [6, 6.07) is 7.51. The van der Waals surface area contributed by atoms with Crippen molar-refractivity contribution in [2.24, 2.45) is 0 Å². The molecular formula is C15H23N3O2. The number of ether oxygens (including phenoxy) is 1. The second-order valence-electron chi connectivity index (χ2n) is 5.18. The van der Waals surface area contributed by atoms with Crippen LogP contribution in [-0.2, 0) is 4.79 Å². The standard InChI is InChI=1S/C15H23N3O2/c1-17-8-4-9-18(12-15(17)19)10-5-11-20-14-7-3-2-6-13(14)16/h2-3,6-7H,4-5,8-12,16H2,1H3. The SMILES string of the molecule is CN1CCCN(CCCOc2ccccc2N)CC1=O. The van der Waals surface area contributed by atoms with Crippen molar-refractivity contribution >= 4 is 11.6 Å². The highest BCUT2D eigenvalue weighted by atomic mass is 16.5. The van der Waals surface area contributed by atoms with E-state index in [1.807, 2.05) is 31.3 Å². The third-order valence-electron chi connectivity index (χ3n) is 3.55. The molecule has 1 saturated heterocycles. The van der Waals surface area contributed by atoms with Crippen molar-refractivity contribution in [3.63, 3.8) is 0 Å². The lowest BCUT2D eigenvalue weighted by molar-refractivity contribution is -0.129. The zero-order valence-electron chi connectivity index (χ0n) is 12.0. The maximum absolute atomic E-state index is 11.8. The van der Waals surface area contributed by atoms with Gasteiger partial charge in [-0.05, 0) is 25.0 Å². The lowest BCUT2D eigenvalue weighted by Gasteiger charge is -2.19. The van der Waals surface area contributed by atoms with Gasteiger partial charge in [-0.3, -0.25) is 9.69 Å². The van der Waals surface area contributed by atoms with Crippen LogP contribution in [0.3, 0.4) is 0 Å². The number of amides is 1. The summed E-state index contributed by atoms with van der Waals surface area (Å²) < 4.78 is 5.66. The minimum absolute atomic E-state index is 0.204. The largest absolute Gasteiger partial charge is 0.491 e. The van der Waals surface area contributed by atoms with Gasteiger partial charge in [0.1, 0.15) is 5.75 Å². The Balaban J connectivity index is 1.71. The molecule has 0 saturated carbocycles. The highest BCUT2D eigenvalue weighted by molar-refractivity contribution is 5.78. The first-order chi connectivity index (χ1) is 9.66. The molecule has 1 fully saturated rings. The van der Waals surface area contributed by atoms with E-state index in [1.54, 1.807) is 4.90 Å². The molecule has 20 heavy (non-hydrogen) atoms. The maximum Gasteiger partial charge on any atom is 0.236 e. The summed E-state index contributed by atoms with van der Waals surface area (Å²) >= 11 is 0. The number of carbonyl (C=O) groups excluding carboxylic acids is 1. The zero-order chi connectivity index (χ0) is 14.4. The van der Waals surface area contributed by atoms with Crippen LogP contribution in [0.1, 0.15) is 12.8 Å². The van der Waals surface area contributed by atoms with Crippen molar-refractivity contribution in [2.45, 2.75) is 12.8 Å². The number of carbonyl (C=O) groups is 1. The number of rotatable bonds is 5. The molecule has 5 heteroatoms. The first-order valence-corrected chi connectivity index (χ1v) is 7.10. The second kappa shape index (κ2) is 7.14. The normalized spacial score (nSPS) is 17.1. The minimum atomic E-state index is 0.204. The summed E-state index contributed by atoms with van der Waals surface area (Å²) in [6.07, 6.45) is 1.93. The van der Waals surface area contributed by atoms with Gasteiger partial charge in [-0.2, -0.15) is 0 Å². The molecule has 2 N–H and O–H groups in total. The van der Waals surface area contributed by atoms with E-state index in [2.05, 4.69) is 4.90 Å². The van der Waals surface area contributed by atoms with Crippen LogP contribution in [-0.4, -0.2) is 55.5 Å². The predicted octanol–water partition coefficient (Wildman–Crippen LogP) is 1.20. The van der Waals surface area contributed by atoms with Crippen LogP contribution in [0.5, 0.6) is 5.75 Å². The van der Waals surface area contributed by atoms with Gasteiger partial charge < -0.3 is 15.4 Å². The summed E-state index contributed by atoms with van der Waals surface area (Å²) in [7, 11) is 1.87. The highest BCUT2D eigenvalue weighted by Crippen LogP contribution is 2.19. The summed E-state index contributed by atoms with van der Waals surface area (Å²) in [5.74, 6) is 0.940. The smallest absolute Gasteiger partial charge is 0.236 e. The number of likely N-dealkylation sites (N-methyl/N-ethyl adjacent to an activating group) is 1. The van der Waals surface area contributed by atoms with Crippen molar-refractivity contribution in [3.05, 3.63) is 24.3 Å². The third-order valence-corrected chi connectivity index (χ3v) is 3.55. The Morgan fingerprint density at radius 2 is 2.10 bits per heavy atom. The van der Waals surface area contributed by atoms with Gasteiger partial charge in [0.15, 0.2) is 0 Å². The van der Waals surface area contributed by atoms with Crippen LogP contribution in [0.25, 0.3) is 0 Å². The second-order valence-corrected chi connectivity index (χ2v) is 5.18. The average molecular weight is 277 g/mol. The number of benzene rings is 1. The van der Waals surface area contributed by atoms with Gasteiger partial charge in [0.2, 0.25) is 5.91 Å². The molecule has 1 aliphatic heterocycles. The van der Waals surface area contributed by atoms with Gasteiger partial charge >= 0.3 is 0 Å². The van der Waals surface area contributed by atoms with Crippen molar-refractivity contribution in [3.8, 4) is 5.75 Å². The van der Waals surface area contributed by atoms with Crippen LogP contribution >= 0.6 is 0 Å². The molecule has 0 unspecified atom stereocenters. The number of anilines is 1. The molecule has 0 spiro atoms. The van der Waals surface area contributed by atoms with Gasteiger partial charge in [0.25, 0.3) is 0 Å². The van der Waals surface area contributed by atoms with Gasteiger partial charge in [0.05, 0.1) is 18.8 Å². The lowest BCUT2D eigenvalue weighted by Crippen LogP contribution is -2.35. The van der Waals surface area contributed by atoms with E-state index in [9.17, 15) is 4.79 Å². The number of para-hydroxylation sites is 2. The Bertz CT molecular complexity index is 450. The summed E-state index contributed by atoms with van der Waals surface area (Å²) in [4.78, 5) is 15.8. The van der Waals surface area contributed by atoms with Gasteiger partial charge in [-0.25, -0.2) is 0 Å². The Morgan fingerprint density at radius 1 is 1.30 bits per heavy atom.